The van der Waals surface area contributed by atoms with E-state index in [1.165, 1.54) is 0 Å². The van der Waals surface area contributed by atoms with Crippen LogP contribution in [0.15, 0.2) is 41.8 Å². The fraction of sp³-hybridized carbons (Fsp3) is 0.553. The summed E-state index contributed by atoms with van der Waals surface area (Å²) in [5, 5.41) is 19.5. The highest BCUT2D eigenvalue weighted by atomic mass is 32.1. The van der Waals surface area contributed by atoms with Crippen molar-refractivity contribution in [3.8, 4) is 0 Å². The van der Waals surface area contributed by atoms with Gasteiger partial charge in [0.05, 0.1) is 43.1 Å². The second kappa shape index (κ2) is 21.3. The molecule has 0 unspecified atom stereocenters. The predicted octanol–water partition coefficient (Wildman–Crippen LogP) is 4.65. The number of benzene rings is 1. The molecule has 1 saturated carbocycles. The van der Waals surface area contributed by atoms with Gasteiger partial charge in [0.15, 0.2) is 0 Å². The Morgan fingerprint density at radius 2 is 1.67 bits per heavy atom. The monoisotopic (exact) mass is 739 g/mol. The Morgan fingerprint density at radius 3 is 2.40 bits per heavy atom. The minimum absolute atomic E-state index is 0.0381. The van der Waals surface area contributed by atoms with E-state index < -0.39 is 5.97 Å². The number of carbonyl (C=O) groups excluding carboxylic acids is 4. The van der Waals surface area contributed by atoms with E-state index in [-0.39, 0.29) is 55.2 Å². The summed E-state index contributed by atoms with van der Waals surface area (Å²) in [6, 6.07) is 11.6. The molecule has 1 fully saturated rings. The number of unbranched alkanes of at least 4 members (excludes halogenated alkanes) is 2. The molecule has 1 aliphatic rings. The van der Waals surface area contributed by atoms with Gasteiger partial charge in [-0.05, 0) is 87.6 Å². The zero-order chi connectivity index (χ0) is 37.3. The van der Waals surface area contributed by atoms with Crippen LogP contribution in [-0.4, -0.2) is 91.4 Å². The van der Waals surface area contributed by atoms with Gasteiger partial charge in [0.25, 0.3) is 5.91 Å². The van der Waals surface area contributed by atoms with Crippen molar-refractivity contribution in [2.24, 2.45) is 5.92 Å². The zero-order valence-corrected chi connectivity index (χ0v) is 31.1. The number of fused-ring (bicyclic) bond motifs is 1. The first kappa shape index (κ1) is 40.5. The van der Waals surface area contributed by atoms with E-state index in [1.54, 1.807) is 16.2 Å². The van der Waals surface area contributed by atoms with Gasteiger partial charge in [-0.25, -0.2) is 0 Å². The highest BCUT2D eigenvalue weighted by molar-refractivity contribution is 7.17. The lowest BCUT2D eigenvalue weighted by molar-refractivity contribution is -0.138. The number of carboxylic acid groups (broad SMARTS) is 1. The van der Waals surface area contributed by atoms with E-state index in [0.717, 1.165) is 40.7 Å². The minimum Gasteiger partial charge on any atom is -0.481 e. The SMILES string of the molecule is CCN(C(=O)Cn1c(C(=O)N[C@H]2CC[C@H](C(=O)NCCCCCC(=O)NCCOCCOCCC(=O)O)CC2)cc2sccc21)c1cccc(C)c1. The average molecular weight is 740 g/mol. The van der Waals surface area contributed by atoms with Crippen molar-refractivity contribution in [1.29, 1.82) is 0 Å². The molecule has 0 spiro atoms. The molecule has 4 N–H and O–H groups in total. The van der Waals surface area contributed by atoms with E-state index >= 15 is 0 Å². The van der Waals surface area contributed by atoms with Crippen LogP contribution in [0.3, 0.4) is 0 Å². The summed E-state index contributed by atoms with van der Waals surface area (Å²) in [5.74, 6) is -1.29. The van der Waals surface area contributed by atoms with Crippen molar-refractivity contribution in [2.75, 3.05) is 51.0 Å². The number of hydrogen-bond acceptors (Lipinski definition) is 8. The standard InChI is InChI=1S/C38H53N5O8S/c1-3-42(30-9-7-8-27(2)24-30)35(45)26-43-31-16-23-52-33(31)25-32(43)38(49)41-29-13-11-28(12-14-29)37(48)40-17-6-4-5-10-34(44)39-18-20-51-22-21-50-19-15-36(46)47/h7-9,16,23-25,28-29H,3-6,10-15,17-22,26H2,1-2H3,(H,39,44)(H,40,48)(H,41,49)(H,46,47)/t28-,29-. The Morgan fingerprint density at radius 1 is 0.904 bits per heavy atom. The summed E-state index contributed by atoms with van der Waals surface area (Å²) in [6.45, 7) is 6.63. The summed E-state index contributed by atoms with van der Waals surface area (Å²) >= 11 is 1.54. The molecule has 4 rings (SSSR count). The molecule has 0 aliphatic heterocycles. The molecule has 14 heteroatoms. The summed E-state index contributed by atoms with van der Waals surface area (Å²) in [5.41, 5.74) is 3.24. The molecule has 2 heterocycles. The van der Waals surface area contributed by atoms with Crippen LogP contribution in [0.1, 0.15) is 80.8 Å². The van der Waals surface area contributed by atoms with E-state index in [1.807, 2.05) is 60.2 Å². The molecular weight excluding hydrogens is 687 g/mol. The van der Waals surface area contributed by atoms with Crippen molar-refractivity contribution in [3.05, 3.63) is 53.0 Å². The maximum atomic E-state index is 13.6. The lowest BCUT2D eigenvalue weighted by atomic mass is 9.85. The Hall–Kier alpha value is -4.27. The van der Waals surface area contributed by atoms with Gasteiger partial charge in [-0.3, -0.25) is 24.0 Å². The maximum absolute atomic E-state index is 13.6. The van der Waals surface area contributed by atoms with Crippen molar-refractivity contribution >= 4 is 56.8 Å². The number of likely N-dealkylation sites (N-methyl/N-ethyl adjacent to an activating group) is 1. The van der Waals surface area contributed by atoms with Crippen LogP contribution in [0.4, 0.5) is 5.69 Å². The first-order valence-electron chi connectivity index (χ1n) is 18.3. The Bertz CT molecular complexity index is 1630. The Balaban J connectivity index is 1.10. The number of nitrogens with zero attached hydrogens (tertiary/aromatic N) is 2. The third kappa shape index (κ3) is 12.7. The normalized spacial score (nSPS) is 15.7. The number of hydrogen-bond donors (Lipinski definition) is 4. The number of anilines is 1. The number of carboxylic acids is 1. The quantitative estimate of drug-likeness (QED) is 0.108. The smallest absolute Gasteiger partial charge is 0.305 e. The molecule has 52 heavy (non-hydrogen) atoms. The van der Waals surface area contributed by atoms with Gasteiger partial charge in [0.2, 0.25) is 17.7 Å². The minimum atomic E-state index is -0.902. The highest BCUT2D eigenvalue weighted by Gasteiger charge is 2.29. The number of aromatic nitrogens is 1. The second-order valence-electron chi connectivity index (χ2n) is 13.1. The van der Waals surface area contributed by atoms with Gasteiger partial charge in [-0.15, -0.1) is 11.3 Å². The summed E-state index contributed by atoms with van der Waals surface area (Å²) in [7, 11) is 0. The predicted molar refractivity (Wildman–Crippen MR) is 201 cm³/mol. The molecule has 1 aromatic carbocycles. The largest absolute Gasteiger partial charge is 0.481 e. The molecule has 4 amide bonds. The van der Waals surface area contributed by atoms with Crippen LogP contribution in [0.2, 0.25) is 0 Å². The fourth-order valence-electron chi connectivity index (χ4n) is 6.39. The topological polar surface area (TPSA) is 168 Å². The number of nitrogens with one attached hydrogen (secondary N) is 3. The van der Waals surface area contributed by atoms with Gasteiger partial charge < -0.3 is 40.0 Å². The van der Waals surface area contributed by atoms with E-state index in [0.29, 0.717) is 77.3 Å². The molecule has 0 saturated heterocycles. The molecule has 1 aliphatic carbocycles. The third-order valence-electron chi connectivity index (χ3n) is 9.19. The second-order valence-corrected chi connectivity index (χ2v) is 14.1. The number of carbonyl (C=O) groups is 5. The van der Waals surface area contributed by atoms with Crippen molar-refractivity contribution < 1.29 is 38.6 Å². The molecule has 0 radical (unpaired) electrons. The van der Waals surface area contributed by atoms with Gasteiger partial charge in [-0.2, -0.15) is 0 Å². The number of rotatable bonds is 22. The lowest BCUT2D eigenvalue weighted by Crippen LogP contribution is -2.42. The fourth-order valence-corrected chi connectivity index (χ4v) is 7.21. The zero-order valence-electron chi connectivity index (χ0n) is 30.3. The number of aliphatic carboxylic acids is 1. The molecular formula is C38H53N5O8S. The van der Waals surface area contributed by atoms with Crippen LogP contribution in [-0.2, 0) is 35.2 Å². The number of aryl methyl sites for hydroxylation is 1. The van der Waals surface area contributed by atoms with Crippen molar-refractivity contribution in [3.63, 3.8) is 0 Å². The van der Waals surface area contributed by atoms with Gasteiger partial charge in [0, 0.05) is 43.7 Å². The van der Waals surface area contributed by atoms with Crippen LogP contribution < -0.4 is 20.9 Å². The molecule has 284 valence electrons. The van der Waals surface area contributed by atoms with Gasteiger partial charge in [0.1, 0.15) is 12.2 Å². The van der Waals surface area contributed by atoms with Crippen LogP contribution in [0.25, 0.3) is 10.2 Å². The maximum Gasteiger partial charge on any atom is 0.305 e. The average Bonchev–Trinajstić information content (AvgIpc) is 3.72. The first-order valence-corrected chi connectivity index (χ1v) is 19.2. The number of ether oxygens (including phenoxy) is 2. The van der Waals surface area contributed by atoms with Crippen LogP contribution in [0, 0.1) is 12.8 Å². The number of amides is 4. The Kier molecular flexibility index (Phi) is 16.6. The summed E-state index contributed by atoms with van der Waals surface area (Å²) < 4.78 is 13.3. The van der Waals surface area contributed by atoms with Gasteiger partial charge >= 0.3 is 5.97 Å². The first-order chi connectivity index (χ1) is 25.2. The Labute approximate surface area is 309 Å². The molecule has 3 aromatic rings. The molecule has 2 aromatic heterocycles. The summed E-state index contributed by atoms with van der Waals surface area (Å²) in [4.78, 5) is 64.1. The molecule has 0 atom stereocenters. The van der Waals surface area contributed by atoms with Crippen molar-refractivity contribution in [1.82, 2.24) is 20.5 Å². The highest BCUT2D eigenvalue weighted by Crippen LogP contribution is 2.28. The summed E-state index contributed by atoms with van der Waals surface area (Å²) in [6.07, 6.45) is 5.49. The lowest BCUT2D eigenvalue weighted by Gasteiger charge is -2.28. The van der Waals surface area contributed by atoms with Crippen LogP contribution >= 0.6 is 11.3 Å². The van der Waals surface area contributed by atoms with E-state index in [9.17, 15) is 24.0 Å². The van der Waals surface area contributed by atoms with Crippen LogP contribution in [0.5, 0.6) is 0 Å². The van der Waals surface area contributed by atoms with E-state index in [2.05, 4.69) is 16.0 Å². The third-order valence-corrected chi connectivity index (χ3v) is 10.0. The number of thiophene rings is 1. The van der Waals surface area contributed by atoms with E-state index in [4.69, 9.17) is 14.6 Å². The van der Waals surface area contributed by atoms with Gasteiger partial charge in [-0.1, -0.05) is 18.6 Å². The molecule has 0 bridgehead atoms. The van der Waals surface area contributed by atoms with Crippen molar-refractivity contribution in [2.45, 2.75) is 84.2 Å². The molecule has 13 nitrogen and oxygen atoms in total.